The molecule has 0 saturated carbocycles. The van der Waals surface area contributed by atoms with Crippen molar-refractivity contribution in [1.29, 1.82) is 0 Å². The molecule has 1 saturated heterocycles. The highest BCUT2D eigenvalue weighted by molar-refractivity contribution is 8.00. The lowest BCUT2D eigenvalue weighted by molar-refractivity contribution is 0.390. The predicted molar refractivity (Wildman–Crippen MR) is 70.4 cm³/mol. The molecule has 1 aromatic rings. The molecule has 4 nitrogen and oxygen atoms in total. The number of aromatic nitrogens is 2. The van der Waals surface area contributed by atoms with Crippen LogP contribution in [0, 0.1) is 0 Å². The Morgan fingerprint density at radius 1 is 1.47 bits per heavy atom. The van der Waals surface area contributed by atoms with Gasteiger partial charge in [-0.3, -0.25) is 0 Å². The molecular formula is C12H19N3OS. The molecule has 0 bridgehead atoms. The highest BCUT2D eigenvalue weighted by Crippen LogP contribution is 2.36. The van der Waals surface area contributed by atoms with Crippen LogP contribution in [0.2, 0.25) is 0 Å². The van der Waals surface area contributed by atoms with E-state index in [9.17, 15) is 0 Å². The molecule has 0 radical (unpaired) electrons. The molecule has 5 heteroatoms. The normalized spacial score (nSPS) is 23.9. The highest BCUT2D eigenvalue weighted by Gasteiger charge is 2.28. The van der Waals surface area contributed by atoms with Crippen LogP contribution in [0.4, 0.5) is 0 Å². The molecule has 2 heterocycles. The second-order valence-corrected chi connectivity index (χ2v) is 6.26. The van der Waals surface area contributed by atoms with Gasteiger partial charge in [-0.2, -0.15) is 16.9 Å². The summed E-state index contributed by atoms with van der Waals surface area (Å²) in [5, 5.41) is 11.5. The van der Waals surface area contributed by atoms with Gasteiger partial charge in [0.25, 0.3) is 0 Å². The molecular weight excluding hydrogens is 234 g/mol. The molecule has 94 valence electrons. The maximum atomic E-state index is 4.97. The smallest absolute Gasteiger partial charge is 0.233 e. The van der Waals surface area contributed by atoms with E-state index >= 15 is 0 Å². The zero-order valence-corrected chi connectivity index (χ0v) is 11.2. The lowest BCUT2D eigenvalue weighted by atomic mass is 10.1. The Hall–Kier alpha value is -0.810. The molecule has 1 fully saturated rings. The van der Waals surface area contributed by atoms with Crippen LogP contribution < -0.4 is 10.1 Å². The van der Waals surface area contributed by atoms with Crippen molar-refractivity contribution >= 4 is 11.8 Å². The van der Waals surface area contributed by atoms with E-state index in [1.54, 1.807) is 7.11 Å². The summed E-state index contributed by atoms with van der Waals surface area (Å²) in [6.45, 7) is 4.13. The van der Waals surface area contributed by atoms with Crippen LogP contribution in [-0.2, 0) is 6.54 Å². The van der Waals surface area contributed by atoms with Gasteiger partial charge in [-0.1, -0.05) is 0 Å². The summed E-state index contributed by atoms with van der Waals surface area (Å²) in [5.41, 5.74) is 0.956. The minimum Gasteiger partial charge on any atom is -0.480 e. The van der Waals surface area contributed by atoms with Crippen LogP contribution in [0.15, 0.2) is 12.1 Å². The van der Waals surface area contributed by atoms with Gasteiger partial charge in [0.05, 0.1) is 12.8 Å². The van der Waals surface area contributed by atoms with Crippen LogP contribution in [0.5, 0.6) is 5.88 Å². The molecule has 0 aromatic carbocycles. The number of methoxy groups -OCH3 is 1. The van der Waals surface area contributed by atoms with Crippen molar-refractivity contribution in [3.8, 4) is 5.88 Å². The van der Waals surface area contributed by atoms with Crippen molar-refractivity contribution in [1.82, 2.24) is 15.5 Å². The molecule has 1 atom stereocenters. The molecule has 1 aliphatic heterocycles. The van der Waals surface area contributed by atoms with Crippen LogP contribution in [0.3, 0.4) is 0 Å². The number of hydrogen-bond donors (Lipinski definition) is 1. The first-order chi connectivity index (χ1) is 8.22. The number of nitrogens with one attached hydrogen (secondary N) is 1. The molecule has 0 spiro atoms. The molecule has 2 rings (SSSR count). The Balaban J connectivity index is 1.77. The van der Waals surface area contributed by atoms with E-state index in [1.165, 1.54) is 18.6 Å². The quantitative estimate of drug-likeness (QED) is 0.868. The van der Waals surface area contributed by atoms with Gasteiger partial charge in [0.15, 0.2) is 0 Å². The minimum absolute atomic E-state index is 0.403. The van der Waals surface area contributed by atoms with Crippen molar-refractivity contribution in [3.05, 3.63) is 17.8 Å². The predicted octanol–water partition coefficient (Wildman–Crippen LogP) is 1.86. The molecule has 17 heavy (non-hydrogen) atoms. The monoisotopic (exact) mass is 253 g/mol. The van der Waals surface area contributed by atoms with Crippen LogP contribution in [-0.4, -0.2) is 34.4 Å². The first-order valence-electron chi connectivity index (χ1n) is 5.93. The van der Waals surface area contributed by atoms with Gasteiger partial charge in [-0.05, 0) is 31.6 Å². The van der Waals surface area contributed by atoms with E-state index in [-0.39, 0.29) is 0 Å². The van der Waals surface area contributed by atoms with Gasteiger partial charge >= 0.3 is 0 Å². The van der Waals surface area contributed by atoms with Gasteiger partial charge in [0.1, 0.15) is 0 Å². The Bertz CT molecular complexity index is 349. The van der Waals surface area contributed by atoms with Gasteiger partial charge in [-0.15, -0.1) is 5.10 Å². The van der Waals surface area contributed by atoms with Crippen molar-refractivity contribution in [2.45, 2.75) is 31.1 Å². The summed E-state index contributed by atoms with van der Waals surface area (Å²) in [4.78, 5) is 0. The van der Waals surface area contributed by atoms with Gasteiger partial charge < -0.3 is 10.1 Å². The van der Waals surface area contributed by atoms with Crippen molar-refractivity contribution in [2.75, 3.05) is 19.4 Å². The minimum atomic E-state index is 0.403. The highest BCUT2D eigenvalue weighted by atomic mass is 32.2. The Kier molecular flexibility index (Phi) is 4.23. The maximum Gasteiger partial charge on any atom is 0.233 e. The van der Waals surface area contributed by atoms with E-state index in [0.717, 1.165) is 18.8 Å². The fraction of sp³-hybridized carbons (Fsp3) is 0.667. The van der Waals surface area contributed by atoms with Crippen molar-refractivity contribution in [2.24, 2.45) is 0 Å². The van der Waals surface area contributed by atoms with E-state index in [4.69, 9.17) is 4.74 Å². The van der Waals surface area contributed by atoms with Crippen molar-refractivity contribution in [3.63, 3.8) is 0 Å². The average Bonchev–Trinajstić information content (AvgIpc) is 2.77. The zero-order valence-electron chi connectivity index (χ0n) is 10.4. The van der Waals surface area contributed by atoms with Crippen LogP contribution in [0.25, 0.3) is 0 Å². The summed E-state index contributed by atoms with van der Waals surface area (Å²) in [6, 6.07) is 3.79. The Morgan fingerprint density at radius 3 is 2.94 bits per heavy atom. The fourth-order valence-corrected chi connectivity index (χ4v) is 3.26. The third-order valence-corrected chi connectivity index (χ3v) is 4.55. The standard InChI is InChI=1S/C12H19N3OS/c1-12(6-3-7-17-12)9-13-8-10-4-5-11(16-2)15-14-10/h4-5,13H,3,6-9H2,1-2H3. The van der Waals surface area contributed by atoms with E-state index in [1.807, 2.05) is 12.1 Å². The van der Waals surface area contributed by atoms with Crippen LogP contribution >= 0.6 is 11.8 Å². The maximum absolute atomic E-state index is 4.97. The average molecular weight is 253 g/mol. The van der Waals surface area contributed by atoms with E-state index in [0.29, 0.717) is 10.6 Å². The third-order valence-electron chi connectivity index (χ3n) is 3.01. The van der Waals surface area contributed by atoms with E-state index in [2.05, 4.69) is 34.2 Å². The number of thioether (sulfide) groups is 1. The summed E-state index contributed by atoms with van der Waals surface area (Å²) >= 11 is 2.07. The fourth-order valence-electron chi connectivity index (χ4n) is 1.98. The topological polar surface area (TPSA) is 47.0 Å². The lowest BCUT2D eigenvalue weighted by Crippen LogP contribution is -2.32. The molecule has 1 aliphatic rings. The summed E-state index contributed by atoms with van der Waals surface area (Å²) in [6.07, 6.45) is 2.64. The Labute approximate surface area is 107 Å². The van der Waals surface area contributed by atoms with Crippen LogP contribution in [0.1, 0.15) is 25.5 Å². The van der Waals surface area contributed by atoms with E-state index < -0.39 is 0 Å². The second-order valence-electron chi connectivity index (χ2n) is 4.57. The van der Waals surface area contributed by atoms with Crippen molar-refractivity contribution < 1.29 is 4.74 Å². The van der Waals surface area contributed by atoms with Gasteiger partial charge in [-0.25, -0.2) is 0 Å². The second kappa shape index (κ2) is 5.69. The zero-order chi connectivity index (χ0) is 12.1. The number of nitrogens with zero attached hydrogens (tertiary/aromatic N) is 2. The third kappa shape index (κ3) is 3.57. The molecule has 0 aliphatic carbocycles. The number of hydrogen-bond acceptors (Lipinski definition) is 5. The van der Waals surface area contributed by atoms with Gasteiger partial charge in [0, 0.05) is 23.9 Å². The summed E-state index contributed by atoms with van der Waals surface area (Å²) < 4.78 is 5.38. The number of ether oxygens (including phenoxy) is 1. The molecule has 1 N–H and O–H groups in total. The Morgan fingerprint density at radius 2 is 2.35 bits per heavy atom. The molecule has 0 amide bonds. The SMILES string of the molecule is COc1ccc(CNCC2(C)CCCS2)nn1. The molecule has 1 unspecified atom stereocenters. The summed E-state index contributed by atoms with van der Waals surface area (Å²) in [5.74, 6) is 1.85. The lowest BCUT2D eigenvalue weighted by Gasteiger charge is -2.22. The first-order valence-corrected chi connectivity index (χ1v) is 6.92. The summed E-state index contributed by atoms with van der Waals surface area (Å²) in [7, 11) is 1.60. The number of rotatable bonds is 5. The largest absolute Gasteiger partial charge is 0.480 e. The first kappa shape index (κ1) is 12.6. The van der Waals surface area contributed by atoms with Gasteiger partial charge in [0.2, 0.25) is 5.88 Å². The molecule has 1 aromatic heterocycles.